The second-order valence-electron chi connectivity index (χ2n) is 6.34. The van der Waals surface area contributed by atoms with Gasteiger partial charge in [0.2, 0.25) is 0 Å². The van der Waals surface area contributed by atoms with Crippen LogP contribution in [-0.4, -0.2) is 18.3 Å². The zero-order valence-corrected chi connectivity index (χ0v) is 12.3. The largest absolute Gasteiger partial charge is 0.491 e. The fourth-order valence-corrected chi connectivity index (χ4v) is 3.46. The number of rotatable bonds is 4. The lowest BCUT2D eigenvalue weighted by molar-refractivity contribution is -0.0508. The summed E-state index contributed by atoms with van der Waals surface area (Å²) in [7, 11) is 0. The van der Waals surface area contributed by atoms with Crippen LogP contribution in [0.4, 0.5) is 0 Å². The normalized spacial score (nSPS) is 26.0. The summed E-state index contributed by atoms with van der Waals surface area (Å²) < 4.78 is 12.1. The van der Waals surface area contributed by atoms with Gasteiger partial charge in [-0.15, -0.1) is 0 Å². The molecule has 2 atom stereocenters. The molecule has 1 saturated heterocycles. The van der Waals surface area contributed by atoms with Crippen LogP contribution in [0.3, 0.4) is 0 Å². The predicted octanol–water partition coefficient (Wildman–Crippen LogP) is 3.58. The number of ether oxygens (including phenoxy) is 2. The molecule has 1 aliphatic carbocycles. The van der Waals surface area contributed by atoms with Crippen LogP contribution >= 0.6 is 0 Å². The third-order valence-electron chi connectivity index (χ3n) is 4.70. The van der Waals surface area contributed by atoms with Crippen molar-refractivity contribution in [2.24, 2.45) is 5.73 Å². The molecular weight excluding hydrogens is 250 g/mol. The van der Waals surface area contributed by atoms with E-state index < -0.39 is 0 Å². The minimum atomic E-state index is 0.0736. The summed E-state index contributed by atoms with van der Waals surface area (Å²) in [6.07, 6.45) is 7.75. The minimum absolute atomic E-state index is 0.0736. The molecule has 1 heterocycles. The van der Waals surface area contributed by atoms with E-state index in [0.29, 0.717) is 6.61 Å². The van der Waals surface area contributed by atoms with Crippen LogP contribution in [0, 0.1) is 0 Å². The summed E-state index contributed by atoms with van der Waals surface area (Å²) in [6, 6.07) is 8.14. The topological polar surface area (TPSA) is 44.5 Å². The van der Waals surface area contributed by atoms with Gasteiger partial charge in [-0.1, -0.05) is 25.0 Å². The molecule has 1 unspecified atom stereocenters. The highest BCUT2D eigenvalue weighted by Crippen LogP contribution is 2.43. The highest BCUT2D eigenvalue weighted by molar-refractivity contribution is 5.28. The molecule has 110 valence electrons. The molecule has 2 fully saturated rings. The summed E-state index contributed by atoms with van der Waals surface area (Å²) in [4.78, 5) is 0. The summed E-state index contributed by atoms with van der Waals surface area (Å²) in [5, 5.41) is 0. The molecule has 1 aromatic carbocycles. The molecule has 2 aliphatic rings. The molecule has 0 bridgehead atoms. The molecule has 20 heavy (non-hydrogen) atoms. The van der Waals surface area contributed by atoms with E-state index in [1.165, 1.54) is 32.1 Å². The van der Waals surface area contributed by atoms with Crippen LogP contribution in [0.1, 0.15) is 57.1 Å². The number of hydrogen-bond acceptors (Lipinski definition) is 3. The summed E-state index contributed by atoms with van der Waals surface area (Å²) in [6.45, 7) is 2.66. The molecule has 3 rings (SSSR count). The smallest absolute Gasteiger partial charge is 0.119 e. The van der Waals surface area contributed by atoms with E-state index in [0.717, 1.165) is 17.7 Å². The van der Waals surface area contributed by atoms with E-state index in [2.05, 4.69) is 0 Å². The van der Waals surface area contributed by atoms with Gasteiger partial charge in [0, 0.05) is 6.04 Å². The van der Waals surface area contributed by atoms with E-state index in [1.807, 2.05) is 31.2 Å². The molecular formula is C17H25NO2. The van der Waals surface area contributed by atoms with Gasteiger partial charge in [0.25, 0.3) is 0 Å². The number of hydrogen-bond donors (Lipinski definition) is 1. The quantitative estimate of drug-likeness (QED) is 0.913. The van der Waals surface area contributed by atoms with Crippen molar-refractivity contribution in [1.29, 1.82) is 0 Å². The molecule has 0 aromatic heterocycles. The third kappa shape index (κ3) is 2.99. The standard InChI is InChI=1S/C17H25NO2/c1-13(18)14-4-6-15(7-5-14)19-12-16-8-11-17(20-16)9-2-3-10-17/h4-7,13,16H,2-3,8-12,18H2,1H3/t13-,16?/m1/s1. The van der Waals surface area contributed by atoms with Crippen LogP contribution < -0.4 is 10.5 Å². The Kier molecular flexibility index (Phi) is 3.99. The molecule has 1 aliphatic heterocycles. The maximum atomic E-state index is 6.25. The highest BCUT2D eigenvalue weighted by Gasteiger charge is 2.42. The van der Waals surface area contributed by atoms with E-state index in [9.17, 15) is 0 Å². The first-order valence-corrected chi connectivity index (χ1v) is 7.83. The predicted molar refractivity (Wildman–Crippen MR) is 79.8 cm³/mol. The van der Waals surface area contributed by atoms with Crippen molar-refractivity contribution in [2.75, 3.05) is 6.61 Å². The van der Waals surface area contributed by atoms with Crippen molar-refractivity contribution in [1.82, 2.24) is 0 Å². The SMILES string of the molecule is C[C@@H](N)c1ccc(OCC2CCC3(CCCC3)O2)cc1. The second kappa shape index (κ2) is 5.74. The lowest BCUT2D eigenvalue weighted by Gasteiger charge is -2.23. The Morgan fingerprint density at radius 3 is 2.60 bits per heavy atom. The van der Waals surface area contributed by atoms with Gasteiger partial charge in [0.1, 0.15) is 12.4 Å². The molecule has 3 nitrogen and oxygen atoms in total. The molecule has 0 radical (unpaired) electrons. The molecule has 2 N–H and O–H groups in total. The van der Waals surface area contributed by atoms with Crippen molar-refractivity contribution in [3.8, 4) is 5.75 Å². The Hall–Kier alpha value is -1.06. The Morgan fingerprint density at radius 2 is 1.95 bits per heavy atom. The van der Waals surface area contributed by atoms with Crippen molar-refractivity contribution in [3.63, 3.8) is 0 Å². The van der Waals surface area contributed by atoms with Crippen LogP contribution in [-0.2, 0) is 4.74 Å². The second-order valence-corrected chi connectivity index (χ2v) is 6.34. The summed E-state index contributed by atoms with van der Waals surface area (Å²) in [5.74, 6) is 0.908. The molecule has 1 spiro atoms. The first-order valence-electron chi connectivity index (χ1n) is 7.83. The van der Waals surface area contributed by atoms with Gasteiger partial charge in [-0.2, -0.15) is 0 Å². The maximum absolute atomic E-state index is 6.25. The Labute approximate surface area is 121 Å². The molecule has 1 aromatic rings. The molecule has 3 heteroatoms. The molecule has 0 amide bonds. The van der Waals surface area contributed by atoms with Crippen LogP contribution in [0.5, 0.6) is 5.75 Å². The van der Waals surface area contributed by atoms with E-state index in [-0.39, 0.29) is 17.7 Å². The van der Waals surface area contributed by atoms with E-state index in [4.69, 9.17) is 15.2 Å². The van der Waals surface area contributed by atoms with Gasteiger partial charge in [-0.25, -0.2) is 0 Å². The van der Waals surface area contributed by atoms with Crippen molar-refractivity contribution in [2.45, 2.75) is 63.2 Å². The summed E-state index contributed by atoms with van der Waals surface area (Å²) in [5.41, 5.74) is 7.18. The van der Waals surface area contributed by atoms with Gasteiger partial charge < -0.3 is 15.2 Å². The van der Waals surface area contributed by atoms with Crippen molar-refractivity contribution < 1.29 is 9.47 Å². The lowest BCUT2D eigenvalue weighted by atomic mass is 9.98. The van der Waals surface area contributed by atoms with Gasteiger partial charge in [-0.3, -0.25) is 0 Å². The lowest BCUT2D eigenvalue weighted by Crippen LogP contribution is -2.27. The summed E-state index contributed by atoms with van der Waals surface area (Å²) >= 11 is 0. The first kappa shape index (κ1) is 13.9. The van der Waals surface area contributed by atoms with Gasteiger partial charge in [-0.05, 0) is 50.3 Å². The van der Waals surface area contributed by atoms with Crippen LogP contribution in [0.15, 0.2) is 24.3 Å². The van der Waals surface area contributed by atoms with Crippen LogP contribution in [0.25, 0.3) is 0 Å². The van der Waals surface area contributed by atoms with E-state index >= 15 is 0 Å². The first-order chi connectivity index (χ1) is 9.67. The fourth-order valence-electron chi connectivity index (χ4n) is 3.46. The molecule has 1 saturated carbocycles. The Balaban J connectivity index is 1.50. The Morgan fingerprint density at radius 1 is 1.25 bits per heavy atom. The monoisotopic (exact) mass is 275 g/mol. The zero-order valence-electron chi connectivity index (χ0n) is 12.3. The van der Waals surface area contributed by atoms with Gasteiger partial charge in [0.15, 0.2) is 0 Å². The zero-order chi connectivity index (χ0) is 14.0. The van der Waals surface area contributed by atoms with Crippen molar-refractivity contribution >= 4 is 0 Å². The Bertz CT molecular complexity index is 435. The van der Waals surface area contributed by atoms with Crippen molar-refractivity contribution in [3.05, 3.63) is 29.8 Å². The average Bonchev–Trinajstić information content (AvgIpc) is 3.08. The highest BCUT2D eigenvalue weighted by atomic mass is 16.6. The van der Waals surface area contributed by atoms with Gasteiger partial charge >= 0.3 is 0 Å². The van der Waals surface area contributed by atoms with E-state index in [1.54, 1.807) is 0 Å². The van der Waals surface area contributed by atoms with Crippen LogP contribution in [0.2, 0.25) is 0 Å². The number of nitrogens with two attached hydrogens (primary N) is 1. The fraction of sp³-hybridized carbons (Fsp3) is 0.647. The average molecular weight is 275 g/mol. The minimum Gasteiger partial charge on any atom is -0.491 e. The third-order valence-corrected chi connectivity index (χ3v) is 4.70. The van der Waals surface area contributed by atoms with Gasteiger partial charge in [0.05, 0.1) is 11.7 Å². The maximum Gasteiger partial charge on any atom is 0.119 e. The number of benzene rings is 1.